The summed E-state index contributed by atoms with van der Waals surface area (Å²) in [5.74, 6) is 0.976. The second-order valence-corrected chi connectivity index (χ2v) is 3.40. The third kappa shape index (κ3) is 1.41. The van der Waals surface area contributed by atoms with Crippen molar-refractivity contribution < 1.29 is 4.79 Å². The maximum atomic E-state index is 10.4. The van der Waals surface area contributed by atoms with Crippen LogP contribution in [0.2, 0.25) is 0 Å². The summed E-state index contributed by atoms with van der Waals surface area (Å²) in [5.41, 5.74) is 0.636. The molecule has 3 heteroatoms. The van der Waals surface area contributed by atoms with Gasteiger partial charge in [0.1, 0.15) is 5.82 Å². The predicted molar refractivity (Wildman–Crippen MR) is 51.0 cm³/mol. The molecule has 0 bridgehead atoms. The maximum absolute atomic E-state index is 10.4. The summed E-state index contributed by atoms with van der Waals surface area (Å²) in [5, 5.41) is 0. The van der Waals surface area contributed by atoms with Gasteiger partial charge in [-0.2, -0.15) is 0 Å². The lowest BCUT2D eigenvalue weighted by molar-refractivity contribution is 0.112. The molecule has 0 aromatic carbocycles. The first kappa shape index (κ1) is 8.23. The molecule has 13 heavy (non-hydrogen) atoms. The fraction of sp³-hybridized carbons (Fsp3) is 0.400. The van der Waals surface area contributed by atoms with Crippen molar-refractivity contribution in [2.75, 3.05) is 11.4 Å². The molecule has 0 aliphatic carbocycles. The lowest BCUT2D eigenvalue weighted by Gasteiger charge is -2.39. The van der Waals surface area contributed by atoms with Gasteiger partial charge >= 0.3 is 0 Å². The normalized spacial score (nSPS) is 21.0. The summed E-state index contributed by atoms with van der Waals surface area (Å²) in [6.45, 7) is 3.26. The van der Waals surface area contributed by atoms with Gasteiger partial charge in [-0.25, -0.2) is 4.98 Å². The molecule has 0 saturated carbocycles. The van der Waals surface area contributed by atoms with Crippen LogP contribution in [0.25, 0.3) is 0 Å². The van der Waals surface area contributed by atoms with Crippen LogP contribution < -0.4 is 4.90 Å². The highest BCUT2D eigenvalue weighted by atomic mass is 16.1. The number of nitrogens with zero attached hydrogens (tertiary/aromatic N) is 2. The van der Waals surface area contributed by atoms with Gasteiger partial charge in [-0.15, -0.1) is 0 Å². The number of hydrogen-bond donors (Lipinski definition) is 0. The Hall–Kier alpha value is -1.38. The van der Waals surface area contributed by atoms with Gasteiger partial charge in [0.2, 0.25) is 0 Å². The molecule has 0 N–H and O–H groups in total. The highest BCUT2D eigenvalue weighted by Crippen LogP contribution is 2.23. The summed E-state index contributed by atoms with van der Waals surface area (Å²) < 4.78 is 0. The molecule has 1 atom stereocenters. The smallest absolute Gasteiger partial charge is 0.151 e. The molecule has 0 radical (unpaired) electrons. The van der Waals surface area contributed by atoms with Crippen LogP contribution in [-0.2, 0) is 0 Å². The lowest BCUT2D eigenvalue weighted by atomic mass is 10.1. The van der Waals surface area contributed by atoms with E-state index in [0.717, 1.165) is 18.6 Å². The zero-order chi connectivity index (χ0) is 9.26. The molecule has 1 aromatic rings. The van der Waals surface area contributed by atoms with E-state index in [1.807, 2.05) is 6.07 Å². The van der Waals surface area contributed by atoms with Crippen LogP contribution in [0.15, 0.2) is 18.3 Å². The van der Waals surface area contributed by atoms with Gasteiger partial charge in [0, 0.05) is 24.3 Å². The quantitative estimate of drug-likeness (QED) is 0.640. The number of carbonyl (C=O) groups is 1. The Morgan fingerprint density at radius 1 is 1.62 bits per heavy atom. The Labute approximate surface area is 77.4 Å². The van der Waals surface area contributed by atoms with Crippen molar-refractivity contribution in [3.63, 3.8) is 0 Å². The first-order valence-corrected chi connectivity index (χ1v) is 4.49. The molecule has 2 heterocycles. The molecular formula is C10H12N2O. The fourth-order valence-corrected chi connectivity index (χ4v) is 1.49. The van der Waals surface area contributed by atoms with Crippen LogP contribution in [0.4, 0.5) is 5.82 Å². The van der Waals surface area contributed by atoms with Crippen molar-refractivity contribution in [3.8, 4) is 0 Å². The van der Waals surface area contributed by atoms with E-state index in [1.165, 1.54) is 6.42 Å². The molecule has 0 amide bonds. The molecule has 1 aliphatic heterocycles. The number of hydrogen-bond acceptors (Lipinski definition) is 3. The first-order chi connectivity index (χ1) is 6.31. The molecule has 1 fully saturated rings. The largest absolute Gasteiger partial charge is 0.354 e. The van der Waals surface area contributed by atoms with E-state index in [9.17, 15) is 4.79 Å². The number of pyridine rings is 1. The van der Waals surface area contributed by atoms with Crippen LogP contribution in [-0.4, -0.2) is 23.9 Å². The minimum Gasteiger partial charge on any atom is -0.354 e. The van der Waals surface area contributed by atoms with E-state index in [4.69, 9.17) is 0 Å². The van der Waals surface area contributed by atoms with Gasteiger partial charge in [-0.05, 0) is 25.5 Å². The van der Waals surface area contributed by atoms with Gasteiger partial charge in [-0.3, -0.25) is 4.79 Å². The third-order valence-electron chi connectivity index (χ3n) is 2.52. The lowest BCUT2D eigenvalue weighted by Crippen LogP contribution is -2.46. The van der Waals surface area contributed by atoms with E-state index in [1.54, 1.807) is 12.3 Å². The van der Waals surface area contributed by atoms with Crippen LogP contribution in [0.3, 0.4) is 0 Å². The second kappa shape index (κ2) is 3.17. The molecule has 0 spiro atoms. The summed E-state index contributed by atoms with van der Waals surface area (Å²) in [7, 11) is 0. The number of anilines is 1. The summed E-state index contributed by atoms with van der Waals surface area (Å²) in [6, 6.07) is 4.30. The monoisotopic (exact) mass is 176 g/mol. The van der Waals surface area contributed by atoms with Crippen molar-refractivity contribution in [1.82, 2.24) is 4.98 Å². The molecule has 1 saturated heterocycles. The van der Waals surface area contributed by atoms with Crippen molar-refractivity contribution in [1.29, 1.82) is 0 Å². The van der Waals surface area contributed by atoms with E-state index < -0.39 is 0 Å². The molecule has 1 aromatic heterocycles. The van der Waals surface area contributed by atoms with Crippen LogP contribution >= 0.6 is 0 Å². The summed E-state index contributed by atoms with van der Waals surface area (Å²) >= 11 is 0. The molecular weight excluding hydrogens is 164 g/mol. The van der Waals surface area contributed by atoms with Crippen LogP contribution in [0.5, 0.6) is 0 Å². The SMILES string of the molecule is CC1CCN1c1ccc(C=O)cn1. The van der Waals surface area contributed by atoms with Crippen molar-refractivity contribution in [3.05, 3.63) is 23.9 Å². The van der Waals surface area contributed by atoms with Crippen LogP contribution in [0.1, 0.15) is 23.7 Å². The fourth-order valence-electron chi connectivity index (χ4n) is 1.49. The highest BCUT2D eigenvalue weighted by Gasteiger charge is 2.24. The highest BCUT2D eigenvalue weighted by molar-refractivity contribution is 5.74. The standard InChI is InChI=1S/C10H12N2O/c1-8-4-5-12(8)10-3-2-9(7-13)6-11-10/h2-3,6-8H,4-5H2,1H3. The zero-order valence-corrected chi connectivity index (χ0v) is 7.60. The van der Waals surface area contributed by atoms with E-state index in [-0.39, 0.29) is 0 Å². The zero-order valence-electron chi connectivity index (χ0n) is 7.60. The van der Waals surface area contributed by atoms with Crippen molar-refractivity contribution >= 4 is 12.1 Å². The van der Waals surface area contributed by atoms with E-state index in [0.29, 0.717) is 11.6 Å². The molecule has 68 valence electrons. The number of carbonyl (C=O) groups excluding carboxylic acids is 1. The summed E-state index contributed by atoms with van der Waals surface area (Å²) in [4.78, 5) is 16.8. The van der Waals surface area contributed by atoms with E-state index in [2.05, 4.69) is 16.8 Å². The average molecular weight is 176 g/mol. The molecule has 2 rings (SSSR count). The van der Waals surface area contributed by atoms with Gasteiger partial charge in [0.05, 0.1) is 0 Å². The van der Waals surface area contributed by atoms with Gasteiger partial charge in [-0.1, -0.05) is 0 Å². The number of aromatic nitrogens is 1. The predicted octanol–water partition coefficient (Wildman–Crippen LogP) is 1.49. The second-order valence-electron chi connectivity index (χ2n) is 3.40. The minimum absolute atomic E-state index is 0.592. The molecule has 3 nitrogen and oxygen atoms in total. The van der Waals surface area contributed by atoms with Gasteiger partial charge < -0.3 is 4.90 Å². The number of rotatable bonds is 2. The van der Waals surface area contributed by atoms with Crippen molar-refractivity contribution in [2.45, 2.75) is 19.4 Å². The Kier molecular flexibility index (Phi) is 2.00. The number of aldehydes is 1. The average Bonchev–Trinajstić information content (AvgIpc) is 2.17. The van der Waals surface area contributed by atoms with Gasteiger partial charge in [0.25, 0.3) is 0 Å². The van der Waals surface area contributed by atoms with Gasteiger partial charge in [0.15, 0.2) is 6.29 Å². The Morgan fingerprint density at radius 2 is 2.46 bits per heavy atom. The Balaban J connectivity index is 2.17. The molecule has 1 aliphatic rings. The van der Waals surface area contributed by atoms with Crippen LogP contribution in [0, 0.1) is 0 Å². The van der Waals surface area contributed by atoms with Crippen molar-refractivity contribution in [2.24, 2.45) is 0 Å². The molecule has 1 unspecified atom stereocenters. The third-order valence-corrected chi connectivity index (χ3v) is 2.52. The minimum atomic E-state index is 0.592. The Bertz CT molecular complexity index is 307. The topological polar surface area (TPSA) is 33.2 Å². The maximum Gasteiger partial charge on any atom is 0.151 e. The summed E-state index contributed by atoms with van der Waals surface area (Å²) in [6.07, 6.45) is 3.67. The first-order valence-electron chi connectivity index (χ1n) is 4.49. The Morgan fingerprint density at radius 3 is 2.85 bits per heavy atom. The van der Waals surface area contributed by atoms with E-state index >= 15 is 0 Å².